The lowest BCUT2D eigenvalue weighted by Crippen LogP contribution is -2.20. The van der Waals surface area contributed by atoms with Gasteiger partial charge in [-0.25, -0.2) is 13.6 Å². The molecule has 0 spiro atoms. The van der Waals surface area contributed by atoms with Gasteiger partial charge in [-0.15, -0.1) is 0 Å². The van der Waals surface area contributed by atoms with E-state index in [0.717, 1.165) is 5.56 Å². The second-order valence-electron chi connectivity index (χ2n) is 5.32. The topological polar surface area (TPSA) is 108 Å². The van der Waals surface area contributed by atoms with E-state index in [4.69, 9.17) is 14.6 Å². The van der Waals surface area contributed by atoms with Gasteiger partial charge in [0.15, 0.2) is 18.1 Å². The van der Waals surface area contributed by atoms with Crippen molar-refractivity contribution in [3.05, 3.63) is 54.1 Å². The lowest BCUT2D eigenvalue weighted by molar-refractivity contribution is -0.118. The third-order valence-electron chi connectivity index (χ3n) is 3.37. The quantitative estimate of drug-likeness (QED) is 0.771. The summed E-state index contributed by atoms with van der Waals surface area (Å²) in [5, 5.41) is 7.63. The number of primary sulfonamides is 1. The number of methoxy groups -OCH3 is 1. The van der Waals surface area contributed by atoms with Crippen molar-refractivity contribution in [3.8, 4) is 11.5 Å². The maximum atomic E-state index is 12.0. The molecule has 3 N–H and O–H groups in total. The Morgan fingerprint density at radius 2 is 1.85 bits per heavy atom. The number of nitrogens with two attached hydrogens (primary N) is 1. The molecule has 0 unspecified atom stereocenters. The van der Waals surface area contributed by atoms with Gasteiger partial charge in [0, 0.05) is 5.69 Å². The smallest absolute Gasteiger partial charge is 0.262 e. The number of carbonyl (C=O) groups excluding carboxylic acids is 1. The average molecular weight is 376 g/mol. The molecule has 0 bridgehead atoms. The molecule has 2 rings (SSSR count). The highest BCUT2D eigenvalue weighted by Gasteiger charge is 2.10. The molecule has 138 valence electrons. The zero-order valence-electron chi connectivity index (χ0n) is 14.4. The van der Waals surface area contributed by atoms with Gasteiger partial charge in [0.25, 0.3) is 5.91 Å². The van der Waals surface area contributed by atoms with Crippen molar-refractivity contribution in [2.75, 3.05) is 19.0 Å². The molecule has 0 saturated heterocycles. The molecule has 0 atom stereocenters. The average Bonchev–Trinajstić information content (AvgIpc) is 2.60. The van der Waals surface area contributed by atoms with Gasteiger partial charge in [0.1, 0.15) is 0 Å². The first-order valence-electron chi connectivity index (χ1n) is 7.69. The van der Waals surface area contributed by atoms with Crippen LogP contribution in [0.5, 0.6) is 11.5 Å². The molecule has 0 aliphatic rings. The van der Waals surface area contributed by atoms with E-state index in [-0.39, 0.29) is 11.5 Å². The molecule has 0 aliphatic carbocycles. The summed E-state index contributed by atoms with van der Waals surface area (Å²) in [5.74, 6) is 0.569. The molecule has 0 heterocycles. The normalized spacial score (nSPS) is 11.3. The van der Waals surface area contributed by atoms with E-state index in [1.807, 2.05) is 25.1 Å². The summed E-state index contributed by atoms with van der Waals surface area (Å²) >= 11 is 0. The van der Waals surface area contributed by atoms with Crippen LogP contribution < -0.4 is 19.9 Å². The summed E-state index contributed by atoms with van der Waals surface area (Å²) in [5.41, 5.74) is 1.39. The molecule has 26 heavy (non-hydrogen) atoms. The predicted molar refractivity (Wildman–Crippen MR) is 99.6 cm³/mol. The number of anilines is 1. The van der Waals surface area contributed by atoms with Crippen LogP contribution >= 0.6 is 0 Å². The first kappa shape index (κ1) is 19.5. The number of rotatable bonds is 7. The molecule has 0 radical (unpaired) electrons. The molecule has 0 saturated carbocycles. The van der Waals surface area contributed by atoms with Gasteiger partial charge in [0.2, 0.25) is 10.0 Å². The Kier molecular flexibility index (Phi) is 6.37. The summed E-state index contributed by atoms with van der Waals surface area (Å²) in [6.07, 6.45) is 3.83. The first-order valence-corrected chi connectivity index (χ1v) is 9.24. The molecule has 1 amide bonds. The Balaban J connectivity index is 1.98. The largest absolute Gasteiger partial charge is 0.493 e. The fourth-order valence-corrected chi connectivity index (χ4v) is 2.68. The number of allylic oxidation sites excluding steroid dienone is 1. The van der Waals surface area contributed by atoms with Crippen LogP contribution in [0.3, 0.4) is 0 Å². The van der Waals surface area contributed by atoms with Crippen molar-refractivity contribution in [2.24, 2.45) is 5.14 Å². The van der Waals surface area contributed by atoms with E-state index in [0.29, 0.717) is 17.2 Å². The summed E-state index contributed by atoms with van der Waals surface area (Å²) in [4.78, 5) is 12.0. The predicted octanol–water partition coefficient (Wildman–Crippen LogP) is 2.39. The van der Waals surface area contributed by atoms with E-state index >= 15 is 0 Å². The minimum absolute atomic E-state index is 0.0299. The van der Waals surface area contributed by atoms with Gasteiger partial charge in [-0.05, 0) is 48.9 Å². The van der Waals surface area contributed by atoms with Crippen LogP contribution in [-0.4, -0.2) is 28.0 Å². The molecule has 0 aromatic heterocycles. The molecular weight excluding hydrogens is 356 g/mol. The molecule has 8 heteroatoms. The van der Waals surface area contributed by atoms with Crippen molar-refractivity contribution < 1.29 is 22.7 Å². The summed E-state index contributed by atoms with van der Waals surface area (Å²) in [7, 11) is -2.24. The molecule has 0 aliphatic heterocycles. The summed E-state index contributed by atoms with van der Waals surface area (Å²) < 4.78 is 33.2. The monoisotopic (exact) mass is 376 g/mol. The second-order valence-corrected chi connectivity index (χ2v) is 6.88. The number of ether oxygens (including phenoxy) is 2. The molecule has 2 aromatic rings. The number of hydrogen-bond donors (Lipinski definition) is 2. The van der Waals surface area contributed by atoms with E-state index in [9.17, 15) is 13.2 Å². The van der Waals surface area contributed by atoms with Crippen molar-refractivity contribution >= 4 is 27.7 Å². The van der Waals surface area contributed by atoms with Crippen LogP contribution in [0.25, 0.3) is 6.08 Å². The zero-order valence-corrected chi connectivity index (χ0v) is 15.2. The maximum Gasteiger partial charge on any atom is 0.262 e. The SMILES string of the molecule is C/C=C/c1ccc(OCC(=O)Nc2ccc(S(N)(=O)=O)cc2)c(OC)c1. The fourth-order valence-electron chi connectivity index (χ4n) is 2.17. The molecule has 0 fully saturated rings. The minimum atomic E-state index is -3.77. The Morgan fingerprint density at radius 3 is 2.42 bits per heavy atom. The van der Waals surface area contributed by atoms with Crippen molar-refractivity contribution in [3.63, 3.8) is 0 Å². The van der Waals surface area contributed by atoms with Crippen LogP contribution in [0.4, 0.5) is 5.69 Å². The van der Waals surface area contributed by atoms with Gasteiger partial charge in [-0.2, -0.15) is 0 Å². The fraction of sp³-hybridized carbons (Fsp3) is 0.167. The highest BCUT2D eigenvalue weighted by molar-refractivity contribution is 7.89. The lowest BCUT2D eigenvalue weighted by atomic mass is 10.2. The lowest BCUT2D eigenvalue weighted by Gasteiger charge is -2.11. The Labute approximate surface area is 152 Å². The van der Waals surface area contributed by atoms with Crippen LogP contribution in [0, 0.1) is 0 Å². The van der Waals surface area contributed by atoms with Gasteiger partial charge < -0.3 is 14.8 Å². The van der Waals surface area contributed by atoms with Crippen LogP contribution in [0.1, 0.15) is 12.5 Å². The van der Waals surface area contributed by atoms with Crippen LogP contribution in [0.2, 0.25) is 0 Å². The highest BCUT2D eigenvalue weighted by Crippen LogP contribution is 2.28. The van der Waals surface area contributed by atoms with Crippen molar-refractivity contribution in [2.45, 2.75) is 11.8 Å². The number of amides is 1. The standard InChI is InChI=1S/C18H20N2O5S/c1-3-4-13-5-10-16(17(11-13)24-2)25-12-18(21)20-14-6-8-15(9-7-14)26(19,22)23/h3-11H,12H2,1-2H3,(H,20,21)(H2,19,22,23)/b4-3+. The zero-order chi connectivity index (χ0) is 19.2. The Hall–Kier alpha value is -2.84. The maximum absolute atomic E-state index is 12.0. The summed E-state index contributed by atoms with van der Waals surface area (Å²) in [6, 6.07) is 10.9. The van der Waals surface area contributed by atoms with Gasteiger partial charge >= 0.3 is 0 Å². The molecule has 2 aromatic carbocycles. The first-order chi connectivity index (χ1) is 12.3. The molecular formula is C18H20N2O5S. The van der Waals surface area contributed by atoms with Crippen molar-refractivity contribution in [1.29, 1.82) is 0 Å². The number of benzene rings is 2. The van der Waals surface area contributed by atoms with Crippen LogP contribution in [0.15, 0.2) is 53.4 Å². The van der Waals surface area contributed by atoms with Crippen LogP contribution in [-0.2, 0) is 14.8 Å². The number of carbonyl (C=O) groups is 1. The summed E-state index contributed by atoms with van der Waals surface area (Å²) in [6.45, 7) is 1.69. The Morgan fingerprint density at radius 1 is 1.15 bits per heavy atom. The van der Waals surface area contributed by atoms with E-state index in [2.05, 4.69) is 5.32 Å². The number of nitrogens with one attached hydrogen (secondary N) is 1. The Bertz CT molecular complexity index is 906. The number of sulfonamides is 1. The second kappa shape index (κ2) is 8.50. The number of hydrogen-bond acceptors (Lipinski definition) is 5. The third-order valence-corrected chi connectivity index (χ3v) is 4.30. The molecule has 7 nitrogen and oxygen atoms in total. The van der Waals surface area contributed by atoms with Crippen molar-refractivity contribution in [1.82, 2.24) is 0 Å². The van der Waals surface area contributed by atoms with E-state index < -0.39 is 15.9 Å². The van der Waals surface area contributed by atoms with E-state index in [1.165, 1.54) is 31.4 Å². The highest BCUT2D eigenvalue weighted by atomic mass is 32.2. The van der Waals surface area contributed by atoms with Gasteiger partial charge in [-0.1, -0.05) is 18.2 Å². The third kappa shape index (κ3) is 5.33. The van der Waals surface area contributed by atoms with Gasteiger partial charge in [0.05, 0.1) is 12.0 Å². The minimum Gasteiger partial charge on any atom is -0.493 e. The van der Waals surface area contributed by atoms with E-state index in [1.54, 1.807) is 12.1 Å². The van der Waals surface area contributed by atoms with Gasteiger partial charge in [-0.3, -0.25) is 4.79 Å².